The monoisotopic (exact) mass is 481 g/mol. The largest absolute Gasteiger partial charge is 0.507 e. The van der Waals surface area contributed by atoms with Crippen molar-refractivity contribution < 1.29 is 19.4 Å². The number of hydrogen-bond donors (Lipinski definition) is 2. The quantitative estimate of drug-likeness (QED) is 0.214. The Morgan fingerprint density at radius 3 is 2.72 bits per heavy atom. The van der Waals surface area contributed by atoms with Gasteiger partial charge in [-0.25, -0.2) is 0 Å². The van der Waals surface area contributed by atoms with Crippen LogP contribution in [0.4, 0.5) is 0 Å². The third-order valence-corrected chi connectivity index (χ3v) is 6.22. The van der Waals surface area contributed by atoms with E-state index >= 15 is 0 Å². The molecule has 2 aromatic carbocycles. The van der Waals surface area contributed by atoms with E-state index in [0.717, 1.165) is 16.5 Å². The number of aliphatic hydroxyl groups excluding tert-OH is 1. The lowest BCUT2D eigenvalue weighted by molar-refractivity contribution is -0.140. The number of carbonyl (C=O) groups excluding carboxylic acids is 2. The van der Waals surface area contributed by atoms with E-state index < -0.39 is 17.7 Å². The zero-order valence-electron chi connectivity index (χ0n) is 20.1. The highest BCUT2D eigenvalue weighted by molar-refractivity contribution is 6.46. The zero-order chi connectivity index (χ0) is 25.2. The van der Waals surface area contributed by atoms with Crippen LogP contribution in [0.5, 0.6) is 5.75 Å². The zero-order valence-corrected chi connectivity index (χ0v) is 20.1. The number of ketones is 1. The maximum atomic E-state index is 13.4. The molecule has 182 valence electrons. The molecule has 3 heterocycles. The molecule has 0 spiro atoms. The SMILES string of the molecule is CC(C)COc1cccc(C2/C(=C(/O)c3c[nH]c4ccccc34)C(=O)C(=O)N2Cc2cccnc2)c1. The molecule has 2 aromatic heterocycles. The van der Waals surface area contributed by atoms with Crippen LogP contribution in [0.1, 0.15) is 36.6 Å². The highest BCUT2D eigenvalue weighted by Crippen LogP contribution is 2.42. The van der Waals surface area contributed by atoms with Gasteiger partial charge < -0.3 is 19.7 Å². The van der Waals surface area contributed by atoms with E-state index in [4.69, 9.17) is 4.74 Å². The second-order valence-electron chi connectivity index (χ2n) is 9.31. The van der Waals surface area contributed by atoms with Crippen LogP contribution >= 0.6 is 0 Å². The minimum atomic E-state index is -0.790. The number of rotatable bonds is 7. The van der Waals surface area contributed by atoms with Crippen LogP contribution in [0.15, 0.2) is 84.8 Å². The van der Waals surface area contributed by atoms with E-state index in [0.29, 0.717) is 29.4 Å². The predicted molar refractivity (Wildman–Crippen MR) is 137 cm³/mol. The molecule has 0 bridgehead atoms. The molecule has 4 aromatic rings. The predicted octanol–water partition coefficient (Wildman–Crippen LogP) is 5.22. The number of aromatic amines is 1. The molecule has 1 aliphatic rings. The van der Waals surface area contributed by atoms with Gasteiger partial charge in [-0.05, 0) is 41.3 Å². The Morgan fingerprint density at radius 1 is 1.11 bits per heavy atom. The van der Waals surface area contributed by atoms with Crippen LogP contribution in [0.3, 0.4) is 0 Å². The van der Waals surface area contributed by atoms with Gasteiger partial charge >= 0.3 is 0 Å². The summed E-state index contributed by atoms with van der Waals surface area (Å²) in [5.41, 5.74) is 2.81. The van der Waals surface area contributed by atoms with Gasteiger partial charge in [0.1, 0.15) is 11.5 Å². The summed E-state index contributed by atoms with van der Waals surface area (Å²) in [5.74, 6) is -0.621. The minimum absolute atomic E-state index is 0.0506. The summed E-state index contributed by atoms with van der Waals surface area (Å²) in [6, 6.07) is 17.7. The summed E-state index contributed by atoms with van der Waals surface area (Å²) in [6.45, 7) is 4.83. The van der Waals surface area contributed by atoms with Crippen molar-refractivity contribution in [2.75, 3.05) is 6.61 Å². The molecule has 2 N–H and O–H groups in total. The van der Waals surface area contributed by atoms with E-state index in [1.165, 1.54) is 4.90 Å². The number of nitrogens with one attached hydrogen (secondary N) is 1. The number of pyridine rings is 1. The summed E-state index contributed by atoms with van der Waals surface area (Å²) in [5, 5.41) is 12.2. The number of Topliss-reactive ketones (excluding diaryl/α,β-unsaturated/α-hetero) is 1. The lowest BCUT2D eigenvalue weighted by atomic mass is 9.95. The van der Waals surface area contributed by atoms with Crippen molar-refractivity contribution in [2.24, 2.45) is 5.92 Å². The fraction of sp³-hybridized carbons (Fsp3) is 0.207. The number of aliphatic hydroxyl groups is 1. The number of aromatic nitrogens is 2. The van der Waals surface area contributed by atoms with Gasteiger partial charge in [0, 0.05) is 41.6 Å². The third kappa shape index (κ3) is 4.35. The number of carbonyl (C=O) groups is 2. The van der Waals surface area contributed by atoms with E-state index in [2.05, 4.69) is 23.8 Å². The first-order chi connectivity index (χ1) is 17.4. The summed E-state index contributed by atoms with van der Waals surface area (Å²) >= 11 is 0. The van der Waals surface area contributed by atoms with E-state index in [-0.39, 0.29) is 17.9 Å². The molecule has 1 atom stereocenters. The number of nitrogens with zero attached hydrogens (tertiary/aromatic N) is 2. The number of H-pyrrole nitrogens is 1. The highest BCUT2D eigenvalue weighted by Gasteiger charge is 2.46. The van der Waals surface area contributed by atoms with Crippen LogP contribution < -0.4 is 4.74 Å². The van der Waals surface area contributed by atoms with Gasteiger partial charge in [-0.15, -0.1) is 0 Å². The Hall–Kier alpha value is -4.39. The molecular formula is C29H27N3O4. The average molecular weight is 482 g/mol. The molecule has 0 radical (unpaired) electrons. The van der Waals surface area contributed by atoms with Crippen molar-refractivity contribution in [2.45, 2.75) is 26.4 Å². The Kier molecular flexibility index (Phi) is 6.29. The number of likely N-dealkylation sites (tertiary alicyclic amines) is 1. The summed E-state index contributed by atoms with van der Waals surface area (Å²) < 4.78 is 5.92. The van der Waals surface area contributed by atoms with Gasteiger partial charge in [0.25, 0.3) is 11.7 Å². The first-order valence-electron chi connectivity index (χ1n) is 11.9. The molecule has 36 heavy (non-hydrogen) atoms. The second-order valence-corrected chi connectivity index (χ2v) is 9.31. The van der Waals surface area contributed by atoms with Crippen LogP contribution in [-0.2, 0) is 16.1 Å². The highest BCUT2D eigenvalue weighted by atomic mass is 16.5. The Balaban J connectivity index is 1.65. The van der Waals surface area contributed by atoms with Crippen LogP contribution in [0.25, 0.3) is 16.7 Å². The van der Waals surface area contributed by atoms with Gasteiger partial charge in [0.15, 0.2) is 0 Å². The Morgan fingerprint density at radius 2 is 1.94 bits per heavy atom. The molecule has 0 saturated carbocycles. The molecule has 7 heteroatoms. The standard InChI is InChI=1S/C29H27N3O4/c1-18(2)17-36-21-9-5-8-20(13-21)26-25(27(33)23-15-31-24-11-4-3-10-22(23)24)28(34)29(35)32(26)16-19-7-6-12-30-14-19/h3-15,18,26,31,33H,16-17H2,1-2H3/b27-25-. The number of hydrogen-bond acceptors (Lipinski definition) is 5. The summed E-state index contributed by atoms with van der Waals surface area (Å²) in [6.07, 6.45) is 4.98. The van der Waals surface area contributed by atoms with Crippen molar-refractivity contribution in [3.05, 3.63) is 102 Å². The smallest absolute Gasteiger partial charge is 0.295 e. The number of fused-ring (bicyclic) bond motifs is 1. The van der Waals surface area contributed by atoms with E-state index in [1.807, 2.05) is 54.6 Å². The number of benzene rings is 2. The number of para-hydroxylation sites is 1. The normalized spacial score (nSPS) is 17.3. The molecule has 5 rings (SSSR count). The maximum absolute atomic E-state index is 13.4. The van der Waals surface area contributed by atoms with Crippen molar-refractivity contribution in [1.29, 1.82) is 0 Å². The van der Waals surface area contributed by atoms with Gasteiger partial charge in [-0.2, -0.15) is 0 Å². The summed E-state index contributed by atoms with van der Waals surface area (Å²) in [7, 11) is 0. The minimum Gasteiger partial charge on any atom is -0.507 e. The van der Waals surface area contributed by atoms with Crippen molar-refractivity contribution in [3.63, 3.8) is 0 Å². The van der Waals surface area contributed by atoms with Crippen molar-refractivity contribution in [1.82, 2.24) is 14.9 Å². The van der Waals surface area contributed by atoms with Gasteiger partial charge in [-0.3, -0.25) is 14.6 Å². The van der Waals surface area contributed by atoms with E-state index in [9.17, 15) is 14.7 Å². The molecule has 7 nitrogen and oxygen atoms in total. The maximum Gasteiger partial charge on any atom is 0.295 e. The molecule has 0 aliphatic carbocycles. The number of ether oxygens (including phenoxy) is 1. The molecule has 1 unspecified atom stereocenters. The lowest BCUT2D eigenvalue weighted by Crippen LogP contribution is -2.29. The molecule has 1 saturated heterocycles. The van der Waals surface area contributed by atoms with Gasteiger partial charge in [0.05, 0.1) is 18.2 Å². The Labute approximate surface area is 209 Å². The lowest BCUT2D eigenvalue weighted by Gasteiger charge is -2.25. The molecule has 1 fully saturated rings. The van der Waals surface area contributed by atoms with E-state index in [1.54, 1.807) is 24.7 Å². The van der Waals surface area contributed by atoms with Crippen molar-refractivity contribution in [3.8, 4) is 5.75 Å². The number of amides is 1. The first-order valence-corrected chi connectivity index (χ1v) is 11.9. The van der Waals surface area contributed by atoms with Gasteiger partial charge in [0.2, 0.25) is 0 Å². The van der Waals surface area contributed by atoms with Crippen LogP contribution in [0, 0.1) is 5.92 Å². The fourth-order valence-corrected chi connectivity index (χ4v) is 4.53. The van der Waals surface area contributed by atoms with Crippen LogP contribution in [-0.4, -0.2) is 38.3 Å². The average Bonchev–Trinajstić information content (AvgIpc) is 3.43. The topological polar surface area (TPSA) is 95.5 Å². The van der Waals surface area contributed by atoms with Gasteiger partial charge in [-0.1, -0.05) is 50.2 Å². The fourth-order valence-electron chi connectivity index (χ4n) is 4.53. The Bertz CT molecular complexity index is 1460. The third-order valence-electron chi connectivity index (χ3n) is 6.22. The molecule has 1 aliphatic heterocycles. The molecule has 1 amide bonds. The van der Waals surface area contributed by atoms with Crippen molar-refractivity contribution >= 4 is 28.4 Å². The molecular weight excluding hydrogens is 454 g/mol. The van der Waals surface area contributed by atoms with Crippen LogP contribution in [0.2, 0.25) is 0 Å². The second kappa shape index (κ2) is 9.70. The first kappa shape index (κ1) is 23.4. The summed E-state index contributed by atoms with van der Waals surface area (Å²) in [4.78, 5) is 35.5.